The lowest BCUT2D eigenvalue weighted by atomic mass is 10.2. The Morgan fingerprint density at radius 3 is 2.55 bits per heavy atom. The van der Waals surface area contributed by atoms with Gasteiger partial charge in [0.2, 0.25) is 0 Å². The van der Waals surface area contributed by atoms with E-state index in [9.17, 15) is 14.7 Å². The predicted molar refractivity (Wildman–Crippen MR) is 34.2 cm³/mol. The van der Waals surface area contributed by atoms with Crippen LogP contribution in [0, 0.1) is 0 Å². The van der Waals surface area contributed by atoms with Crippen molar-refractivity contribution in [3.05, 3.63) is 0 Å². The molecule has 0 spiro atoms. The van der Waals surface area contributed by atoms with Crippen molar-refractivity contribution < 1.29 is 19.4 Å². The fourth-order valence-corrected chi connectivity index (χ4v) is 0.543. The second kappa shape index (κ2) is 4.68. The third-order valence-electron chi connectivity index (χ3n) is 1.16. The van der Waals surface area contributed by atoms with Crippen molar-refractivity contribution in [1.29, 1.82) is 0 Å². The number of nitrogens with two attached hydrogens (primary N) is 1. The average Bonchev–Trinajstić information content (AvgIpc) is 1.98. The van der Waals surface area contributed by atoms with E-state index in [0.717, 1.165) is 0 Å². The summed E-state index contributed by atoms with van der Waals surface area (Å²) < 4.78 is 4.27. The quantitative estimate of drug-likeness (QED) is 0.481. The minimum Gasteiger partial charge on any atom is -0.550 e. The van der Waals surface area contributed by atoms with Gasteiger partial charge in [0, 0.05) is 5.97 Å². The Morgan fingerprint density at radius 2 is 2.18 bits per heavy atom. The summed E-state index contributed by atoms with van der Waals surface area (Å²) in [6.45, 7) is 0. The van der Waals surface area contributed by atoms with Crippen LogP contribution in [0.25, 0.3) is 0 Å². The van der Waals surface area contributed by atoms with Gasteiger partial charge in [-0.3, -0.25) is 4.79 Å². The molecule has 1 atom stereocenters. The van der Waals surface area contributed by atoms with E-state index >= 15 is 0 Å². The number of ether oxygens (including phenoxy) is 1. The largest absolute Gasteiger partial charge is 0.550 e. The molecule has 0 heterocycles. The van der Waals surface area contributed by atoms with Crippen molar-refractivity contribution in [2.24, 2.45) is 5.73 Å². The van der Waals surface area contributed by atoms with Crippen molar-refractivity contribution in [1.82, 2.24) is 0 Å². The molecule has 0 saturated carbocycles. The molecule has 0 radical (unpaired) electrons. The first-order valence-corrected chi connectivity index (χ1v) is 3.11. The summed E-state index contributed by atoms with van der Waals surface area (Å²) >= 11 is 0. The molecular weight excluding hydrogens is 150 g/mol. The van der Waals surface area contributed by atoms with Gasteiger partial charge < -0.3 is 20.4 Å². The number of rotatable bonds is 4. The van der Waals surface area contributed by atoms with E-state index in [-0.39, 0.29) is 12.8 Å². The molecule has 5 nitrogen and oxygen atoms in total. The highest BCUT2D eigenvalue weighted by molar-refractivity contribution is 5.76. The summed E-state index contributed by atoms with van der Waals surface area (Å²) in [6.07, 6.45) is -0.175. The summed E-state index contributed by atoms with van der Waals surface area (Å²) in [4.78, 5) is 20.5. The summed E-state index contributed by atoms with van der Waals surface area (Å²) in [7, 11) is 1.20. The molecule has 0 bridgehead atoms. The molecule has 0 fully saturated rings. The SMILES string of the molecule is COC(=O)C(N)CCC(=O)[O-]. The molecular formula is C6H10NO4-. The maximum Gasteiger partial charge on any atom is 0.322 e. The van der Waals surface area contributed by atoms with E-state index in [0.29, 0.717) is 0 Å². The number of carboxylic acid groups (broad SMARTS) is 1. The average molecular weight is 160 g/mol. The first-order chi connectivity index (χ1) is 5.07. The molecule has 11 heavy (non-hydrogen) atoms. The number of methoxy groups -OCH3 is 1. The molecule has 0 aromatic heterocycles. The molecule has 0 aliphatic carbocycles. The number of aliphatic carboxylic acids is 1. The number of carbonyl (C=O) groups excluding carboxylic acids is 2. The Morgan fingerprint density at radius 1 is 1.64 bits per heavy atom. The van der Waals surface area contributed by atoms with Gasteiger partial charge in [-0.2, -0.15) is 0 Å². The van der Waals surface area contributed by atoms with Crippen LogP contribution in [0.5, 0.6) is 0 Å². The lowest BCUT2D eigenvalue weighted by Crippen LogP contribution is -2.34. The number of esters is 1. The fraction of sp³-hybridized carbons (Fsp3) is 0.667. The number of carboxylic acids is 1. The lowest BCUT2D eigenvalue weighted by molar-refractivity contribution is -0.305. The normalized spacial score (nSPS) is 12.2. The van der Waals surface area contributed by atoms with Crippen molar-refractivity contribution in [3.63, 3.8) is 0 Å². The zero-order chi connectivity index (χ0) is 8.85. The van der Waals surface area contributed by atoms with Gasteiger partial charge >= 0.3 is 5.97 Å². The van der Waals surface area contributed by atoms with Gasteiger partial charge in [0.1, 0.15) is 6.04 Å². The number of hydrogen-bond acceptors (Lipinski definition) is 5. The fourth-order valence-electron chi connectivity index (χ4n) is 0.543. The van der Waals surface area contributed by atoms with Gasteiger partial charge in [0.15, 0.2) is 0 Å². The van der Waals surface area contributed by atoms with Gasteiger partial charge in [-0.05, 0) is 12.8 Å². The Balaban J connectivity index is 3.60. The monoisotopic (exact) mass is 160 g/mol. The third-order valence-corrected chi connectivity index (χ3v) is 1.16. The van der Waals surface area contributed by atoms with Crippen LogP contribution in [0.3, 0.4) is 0 Å². The van der Waals surface area contributed by atoms with Gasteiger partial charge in [-0.25, -0.2) is 0 Å². The standard InChI is InChI=1S/C6H11NO4/c1-11-6(10)4(7)2-3-5(8)9/h4H,2-3,7H2,1H3,(H,8,9)/p-1. The van der Waals surface area contributed by atoms with E-state index < -0.39 is 18.0 Å². The molecule has 64 valence electrons. The third kappa shape index (κ3) is 4.32. The van der Waals surface area contributed by atoms with Crippen LogP contribution in [-0.2, 0) is 14.3 Å². The Bertz CT molecular complexity index is 157. The molecule has 0 saturated heterocycles. The number of hydrogen-bond donors (Lipinski definition) is 1. The predicted octanol–water partition coefficient (Wildman–Crippen LogP) is -1.98. The van der Waals surface area contributed by atoms with Crippen LogP contribution in [0.15, 0.2) is 0 Å². The van der Waals surface area contributed by atoms with Crippen molar-refractivity contribution in [2.75, 3.05) is 7.11 Å². The maximum atomic E-state index is 10.6. The molecule has 0 aromatic carbocycles. The van der Waals surface area contributed by atoms with Crippen molar-refractivity contribution >= 4 is 11.9 Å². The Kier molecular flexibility index (Phi) is 4.21. The van der Waals surface area contributed by atoms with Gasteiger partial charge in [0.25, 0.3) is 0 Å². The highest BCUT2D eigenvalue weighted by atomic mass is 16.5. The summed E-state index contributed by atoms with van der Waals surface area (Å²) in [5.41, 5.74) is 5.21. The number of carbonyl (C=O) groups is 2. The molecule has 0 aromatic rings. The second-order valence-corrected chi connectivity index (χ2v) is 2.04. The Labute approximate surface area is 64.1 Å². The summed E-state index contributed by atoms with van der Waals surface area (Å²) in [5, 5.41) is 9.90. The molecule has 0 aliphatic heterocycles. The van der Waals surface area contributed by atoms with E-state index in [1.807, 2.05) is 0 Å². The molecule has 5 heteroatoms. The van der Waals surface area contributed by atoms with Gasteiger partial charge in [0.05, 0.1) is 7.11 Å². The van der Waals surface area contributed by atoms with Crippen LogP contribution in [-0.4, -0.2) is 25.1 Å². The molecule has 2 N–H and O–H groups in total. The lowest BCUT2D eigenvalue weighted by Gasteiger charge is -2.08. The molecule has 0 aliphatic rings. The van der Waals surface area contributed by atoms with Crippen molar-refractivity contribution in [3.8, 4) is 0 Å². The van der Waals surface area contributed by atoms with Crippen molar-refractivity contribution in [2.45, 2.75) is 18.9 Å². The van der Waals surface area contributed by atoms with E-state index in [4.69, 9.17) is 5.73 Å². The molecule has 0 amide bonds. The van der Waals surface area contributed by atoms with E-state index in [1.54, 1.807) is 0 Å². The molecule has 1 unspecified atom stereocenters. The smallest absolute Gasteiger partial charge is 0.322 e. The van der Waals surface area contributed by atoms with Crippen LogP contribution < -0.4 is 10.8 Å². The van der Waals surface area contributed by atoms with Crippen LogP contribution >= 0.6 is 0 Å². The summed E-state index contributed by atoms with van der Waals surface area (Å²) in [5.74, 6) is -1.82. The van der Waals surface area contributed by atoms with E-state index in [1.165, 1.54) is 7.11 Å². The minimum absolute atomic E-state index is 0.0506. The highest BCUT2D eigenvalue weighted by Gasteiger charge is 2.12. The molecule has 0 rings (SSSR count). The van der Waals surface area contributed by atoms with Crippen LogP contribution in [0.2, 0.25) is 0 Å². The van der Waals surface area contributed by atoms with E-state index in [2.05, 4.69) is 4.74 Å². The van der Waals surface area contributed by atoms with Crippen LogP contribution in [0.1, 0.15) is 12.8 Å². The second-order valence-electron chi connectivity index (χ2n) is 2.04. The summed E-state index contributed by atoms with van der Waals surface area (Å²) in [6, 6.07) is -0.863. The highest BCUT2D eigenvalue weighted by Crippen LogP contribution is 1.94. The zero-order valence-electron chi connectivity index (χ0n) is 6.20. The maximum absolute atomic E-state index is 10.6. The van der Waals surface area contributed by atoms with Gasteiger partial charge in [-0.15, -0.1) is 0 Å². The van der Waals surface area contributed by atoms with Gasteiger partial charge in [-0.1, -0.05) is 0 Å². The van der Waals surface area contributed by atoms with Crippen LogP contribution in [0.4, 0.5) is 0 Å². The first-order valence-electron chi connectivity index (χ1n) is 3.11. The topological polar surface area (TPSA) is 92.5 Å². The zero-order valence-corrected chi connectivity index (χ0v) is 6.20. The minimum atomic E-state index is -1.22. The first kappa shape index (κ1) is 9.90. The Hall–Kier alpha value is -1.10.